The highest BCUT2D eigenvalue weighted by Gasteiger charge is 2.36. The molecule has 2 saturated heterocycles. The number of anilines is 2. The first-order valence-corrected chi connectivity index (χ1v) is 13.4. The number of halogens is 3. The molecule has 2 aliphatic rings. The van der Waals surface area contributed by atoms with Gasteiger partial charge in [-0.2, -0.15) is 13.2 Å². The van der Waals surface area contributed by atoms with Crippen LogP contribution in [0.3, 0.4) is 0 Å². The number of ether oxygens (including phenoxy) is 1. The molecule has 0 spiro atoms. The van der Waals surface area contributed by atoms with Gasteiger partial charge in [-0.25, -0.2) is 9.78 Å². The Morgan fingerprint density at radius 3 is 2.52 bits per heavy atom. The summed E-state index contributed by atoms with van der Waals surface area (Å²) in [6, 6.07) is 8.46. The standard InChI is InChI=1S/C28H36F3N5O4/c1-18-4-5-21(33-26(38)36-7-6-19(16-36)15-28(29,30)31)14-22(18)20-12-23(25(37)32-17-27(2,3)39)34-24(13-20)35-8-10-40-11-9-35/h4-5,12-14,19,39H,6-11,15-17H2,1-3H3,(H,32,37)(H,33,38)/t19-/m0/s1. The summed E-state index contributed by atoms with van der Waals surface area (Å²) in [5.41, 5.74) is 1.96. The lowest BCUT2D eigenvalue weighted by atomic mass is 9.99. The molecule has 1 atom stereocenters. The summed E-state index contributed by atoms with van der Waals surface area (Å²) in [5, 5.41) is 15.6. The van der Waals surface area contributed by atoms with Crippen LogP contribution in [0.1, 0.15) is 42.7 Å². The first-order chi connectivity index (χ1) is 18.8. The largest absolute Gasteiger partial charge is 0.389 e. The van der Waals surface area contributed by atoms with Crippen molar-refractivity contribution in [3.8, 4) is 11.1 Å². The van der Waals surface area contributed by atoms with Crippen LogP contribution in [0.5, 0.6) is 0 Å². The highest BCUT2D eigenvalue weighted by atomic mass is 19.4. The summed E-state index contributed by atoms with van der Waals surface area (Å²) in [6.45, 7) is 7.76. The number of amides is 3. The number of urea groups is 1. The number of likely N-dealkylation sites (tertiary alicyclic amines) is 1. The number of rotatable bonds is 7. The zero-order valence-corrected chi connectivity index (χ0v) is 23.0. The van der Waals surface area contributed by atoms with E-state index in [4.69, 9.17) is 4.74 Å². The number of hydrogen-bond acceptors (Lipinski definition) is 6. The van der Waals surface area contributed by atoms with E-state index in [0.29, 0.717) is 49.8 Å². The van der Waals surface area contributed by atoms with Gasteiger partial charge in [-0.1, -0.05) is 6.07 Å². The molecule has 0 bridgehead atoms. The number of carbonyl (C=O) groups excluding carboxylic acids is 2. The Bertz CT molecular complexity index is 1230. The lowest BCUT2D eigenvalue weighted by Crippen LogP contribution is -2.39. The Labute approximate surface area is 231 Å². The fraction of sp³-hybridized carbons (Fsp3) is 0.536. The maximum absolute atomic E-state index is 13.0. The monoisotopic (exact) mass is 563 g/mol. The molecule has 40 heavy (non-hydrogen) atoms. The van der Waals surface area contributed by atoms with Crippen molar-refractivity contribution in [2.75, 3.05) is 56.2 Å². The Hall–Kier alpha value is -3.38. The number of aryl methyl sites for hydroxylation is 1. The van der Waals surface area contributed by atoms with E-state index >= 15 is 0 Å². The number of benzene rings is 1. The van der Waals surface area contributed by atoms with Gasteiger partial charge in [0.05, 0.1) is 18.8 Å². The van der Waals surface area contributed by atoms with Gasteiger partial charge in [-0.3, -0.25) is 4.79 Å². The second-order valence-electron chi connectivity index (χ2n) is 11.1. The van der Waals surface area contributed by atoms with Crippen LogP contribution in [-0.2, 0) is 4.74 Å². The fourth-order valence-electron chi connectivity index (χ4n) is 4.85. The quantitative estimate of drug-likeness (QED) is 0.466. The average molecular weight is 564 g/mol. The molecule has 3 amide bonds. The molecule has 2 fully saturated rings. The third kappa shape index (κ3) is 8.07. The van der Waals surface area contributed by atoms with Crippen molar-refractivity contribution in [2.45, 2.75) is 45.4 Å². The summed E-state index contributed by atoms with van der Waals surface area (Å²) in [6.07, 6.45) is -4.84. The molecule has 4 rings (SSSR count). The predicted octanol–water partition coefficient (Wildman–Crippen LogP) is 4.20. The van der Waals surface area contributed by atoms with E-state index in [1.165, 1.54) is 4.90 Å². The number of pyridine rings is 1. The minimum atomic E-state index is -4.25. The Morgan fingerprint density at radius 1 is 1.12 bits per heavy atom. The van der Waals surface area contributed by atoms with Gasteiger partial charge in [0.15, 0.2) is 0 Å². The molecule has 0 unspecified atom stereocenters. The predicted molar refractivity (Wildman–Crippen MR) is 145 cm³/mol. The van der Waals surface area contributed by atoms with Gasteiger partial charge < -0.3 is 30.3 Å². The molecule has 2 aliphatic heterocycles. The highest BCUT2D eigenvalue weighted by Crippen LogP contribution is 2.32. The first kappa shape index (κ1) is 29.6. The van der Waals surface area contributed by atoms with Gasteiger partial charge in [-0.05, 0) is 74.1 Å². The summed E-state index contributed by atoms with van der Waals surface area (Å²) < 4.78 is 43.8. The Balaban J connectivity index is 1.58. The number of nitrogens with one attached hydrogen (secondary N) is 2. The molecular weight excluding hydrogens is 527 g/mol. The lowest BCUT2D eigenvalue weighted by molar-refractivity contribution is -0.143. The third-order valence-corrected chi connectivity index (χ3v) is 6.95. The SMILES string of the molecule is Cc1ccc(NC(=O)N2CC[C@@H](CC(F)(F)F)C2)cc1-c1cc(C(=O)NCC(C)(C)O)nc(N2CCOCC2)c1. The zero-order valence-electron chi connectivity index (χ0n) is 23.0. The topological polar surface area (TPSA) is 107 Å². The van der Waals surface area contributed by atoms with Crippen LogP contribution in [0.2, 0.25) is 0 Å². The van der Waals surface area contributed by atoms with Gasteiger partial charge in [0.1, 0.15) is 11.5 Å². The second kappa shape index (κ2) is 12.0. The molecule has 0 saturated carbocycles. The molecule has 0 radical (unpaired) electrons. The second-order valence-corrected chi connectivity index (χ2v) is 11.1. The van der Waals surface area contributed by atoms with Gasteiger partial charge >= 0.3 is 12.2 Å². The van der Waals surface area contributed by atoms with Crippen molar-refractivity contribution in [1.29, 1.82) is 0 Å². The third-order valence-electron chi connectivity index (χ3n) is 6.95. The molecule has 218 valence electrons. The van der Waals surface area contributed by atoms with Crippen LogP contribution in [0.15, 0.2) is 30.3 Å². The molecular formula is C28H36F3N5O4. The van der Waals surface area contributed by atoms with Crippen molar-refractivity contribution in [2.24, 2.45) is 5.92 Å². The number of hydrogen-bond donors (Lipinski definition) is 3. The smallest absolute Gasteiger partial charge is 0.389 e. The number of carbonyl (C=O) groups is 2. The number of morpholine rings is 1. The number of alkyl halides is 3. The molecule has 9 nitrogen and oxygen atoms in total. The van der Waals surface area contributed by atoms with Crippen LogP contribution in [0, 0.1) is 12.8 Å². The van der Waals surface area contributed by atoms with Crippen molar-refractivity contribution >= 4 is 23.4 Å². The van der Waals surface area contributed by atoms with Gasteiger partial charge in [0.25, 0.3) is 5.91 Å². The van der Waals surface area contributed by atoms with Crippen LogP contribution in [-0.4, -0.2) is 84.6 Å². The Morgan fingerprint density at radius 2 is 1.85 bits per heavy atom. The molecule has 3 heterocycles. The molecule has 3 N–H and O–H groups in total. The average Bonchev–Trinajstić information content (AvgIpc) is 3.35. The summed E-state index contributed by atoms with van der Waals surface area (Å²) in [4.78, 5) is 33.9. The minimum Gasteiger partial charge on any atom is -0.389 e. The van der Waals surface area contributed by atoms with Crippen molar-refractivity contribution in [3.05, 3.63) is 41.6 Å². The highest BCUT2D eigenvalue weighted by molar-refractivity contribution is 5.95. The first-order valence-electron chi connectivity index (χ1n) is 13.4. The van der Waals surface area contributed by atoms with Crippen molar-refractivity contribution in [3.63, 3.8) is 0 Å². The number of nitrogens with zero attached hydrogens (tertiary/aromatic N) is 3. The molecule has 2 aromatic rings. The van der Waals surface area contributed by atoms with Crippen LogP contribution in [0.25, 0.3) is 11.1 Å². The summed E-state index contributed by atoms with van der Waals surface area (Å²) in [5.74, 6) is -0.422. The summed E-state index contributed by atoms with van der Waals surface area (Å²) >= 11 is 0. The van der Waals surface area contributed by atoms with E-state index in [-0.39, 0.29) is 25.3 Å². The van der Waals surface area contributed by atoms with E-state index in [9.17, 15) is 27.9 Å². The molecule has 1 aromatic heterocycles. The van der Waals surface area contributed by atoms with Crippen molar-refractivity contribution < 1.29 is 32.6 Å². The minimum absolute atomic E-state index is 0.0471. The van der Waals surface area contributed by atoms with Crippen molar-refractivity contribution in [1.82, 2.24) is 15.2 Å². The zero-order chi connectivity index (χ0) is 29.1. The summed E-state index contributed by atoms with van der Waals surface area (Å²) in [7, 11) is 0. The molecule has 12 heteroatoms. The van der Waals surface area contributed by atoms with E-state index in [0.717, 1.165) is 11.1 Å². The fourth-order valence-corrected chi connectivity index (χ4v) is 4.85. The lowest BCUT2D eigenvalue weighted by Gasteiger charge is -2.28. The van der Waals surface area contributed by atoms with E-state index in [2.05, 4.69) is 15.6 Å². The van der Waals surface area contributed by atoms with Crippen LogP contribution >= 0.6 is 0 Å². The number of aliphatic hydroxyl groups is 1. The molecule has 0 aliphatic carbocycles. The number of aromatic nitrogens is 1. The van der Waals surface area contributed by atoms with Gasteiger partial charge in [-0.15, -0.1) is 0 Å². The maximum atomic E-state index is 13.0. The van der Waals surface area contributed by atoms with Gasteiger partial charge in [0, 0.05) is 44.8 Å². The Kier molecular flexibility index (Phi) is 8.89. The van der Waals surface area contributed by atoms with Gasteiger partial charge in [0.2, 0.25) is 0 Å². The maximum Gasteiger partial charge on any atom is 0.389 e. The van der Waals surface area contributed by atoms with E-state index in [1.807, 2.05) is 24.0 Å². The van der Waals surface area contributed by atoms with Crippen LogP contribution in [0.4, 0.5) is 29.5 Å². The normalized spacial score (nSPS) is 18.1. The van der Waals surface area contributed by atoms with E-state index < -0.39 is 36.1 Å². The molecule has 1 aromatic carbocycles. The van der Waals surface area contributed by atoms with Crippen LogP contribution < -0.4 is 15.5 Å². The van der Waals surface area contributed by atoms with E-state index in [1.54, 1.807) is 32.0 Å².